The number of nitrogens with zero attached hydrogens (tertiary/aromatic N) is 5. The van der Waals surface area contributed by atoms with Gasteiger partial charge in [-0.05, 0) is 35.7 Å². The third-order valence-corrected chi connectivity index (χ3v) is 5.87. The molecular weight excluding hydrogens is 422 g/mol. The highest BCUT2D eigenvalue weighted by Crippen LogP contribution is 2.29. The third kappa shape index (κ3) is 3.95. The number of hydrogen-bond donors (Lipinski definition) is 0. The maximum absolute atomic E-state index is 13.0. The van der Waals surface area contributed by atoms with Crippen LogP contribution in [0.2, 0.25) is 0 Å². The minimum atomic E-state index is -0.228. The summed E-state index contributed by atoms with van der Waals surface area (Å²) >= 11 is 1.62. The molecule has 5 rings (SSSR count). The van der Waals surface area contributed by atoms with Gasteiger partial charge in [-0.3, -0.25) is 9.78 Å². The fourth-order valence-corrected chi connectivity index (χ4v) is 4.15. The topological polar surface area (TPSA) is 77.0 Å². The number of carbonyl (C=O) groups is 1. The highest BCUT2D eigenvalue weighted by molar-refractivity contribution is 7.13. The molecule has 0 N–H and O–H groups in total. The summed E-state index contributed by atoms with van der Waals surface area (Å²) in [6.07, 6.45) is 5.32. The van der Waals surface area contributed by atoms with Gasteiger partial charge in [0.25, 0.3) is 5.91 Å². The van der Waals surface area contributed by atoms with E-state index in [1.807, 2.05) is 70.9 Å². The number of aromatic nitrogens is 4. The Balaban J connectivity index is 1.41. The molecule has 4 heterocycles. The zero-order chi connectivity index (χ0) is 21.9. The number of thiophene rings is 1. The second kappa shape index (κ2) is 8.60. The molecule has 4 aromatic heterocycles. The van der Waals surface area contributed by atoms with Gasteiger partial charge < -0.3 is 9.42 Å². The van der Waals surface area contributed by atoms with E-state index in [1.54, 1.807) is 41.7 Å². The molecule has 5 aromatic rings. The number of amides is 1. The van der Waals surface area contributed by atoms with Gasteiger partial charge in [0.05, 0.1) is 10.6 Å². The van der Waals surface area contributed by atoms with Crippen LogP contribution in [0.15, 0.2) is 89.2 Å². The van der Waals surface area contributed by atoms with Gasteiger partial charge in [-0.1, -0.05) is 29.4 Å². The summed E-state index contributed by atoms with van der Waals surface area (Å²) in [6, 6.07) is 19.3. The molecular formula is C24H19N5O2S. The van der Waals surface area contributed by atoms with Gasteiger partial charge in [0, 0.05) is 49.4 Å². The first-order chi connectivity index (χ1) is 15.7. The van der Waals surface area contributed by atoms with E-state index in [2.05, 4.69) is 10.1 Å². The SMILES string of the molecule is CN(Cc1cn(-c2ccccc2)nc1-c1cccs1)C(=O)c1cc(-c2cccnc2)on1. The van der Waals surface area contributed by atoms with E-state index in [1.165, 1.54) is 0 Å². The molecule has 7 nitrogen and oxygen atoms in total. The molecule has 0 saturated carbocycles. The first-order valence-corrected chi connectivity index (χ1v) is 10.9. The van der Waals surface area contributed by atoms with Gasteiger partial charge in [0.15, 0.2) is 11.5 Å². The van der Waals surface area contributed by atoms with Crippen molar-refractivity contribution in [2.24, 2.45) is 0 Å². The predicted octanol–water partition coefficient (Wildman–Crippen LogP) is 4.92. The van der Waals surface area contributed by atoms with Crippen LogP contribution < -0.4 is 0 Å². The lowest BCUT2D eigenvalue weighted by Crippen LogP contribution is -2.26. The van der Waals surface area contributed by atoms with Crippen molar-refractivity contribution in [1.29, 1.82) is 0 Å². The minimum Gasteiger partial charge on any atom is -0.355 e. The Bertz CT molecular complexity index is 1330. The maximum Gasteiger partial charge on any atom is 0.276 e. The summed E-state index contributed by atoms with van der Waals surface area (Å²) in [6.45, 7) is 0.383. The van der Waals surface area contributed by atoms with Crippen molar-refractivity contribution in [3.63, 3.8) is 0 Å². The molecule has 0 bridgehead atoms. The second-order valence-corrected chi connectivity index (χ2v) is 8.19. The Morgan fingerprint density at radius 3 is 2.75 bits per heavy atom. The van der Waals surface area contributed by atoms with Crippen molar-refractivity contribution in [1.82, 2.24) is 24.8 Å². The first kappa shape index (κ1) is 19.9. The number of pyridine rings is 1. The average Bonchev–Trinajstić information content (AvgIpc) is 3.60. The number of hydrogen-bond acceptors (Lipinski definition) is 6. The van der Waals surface area contributed by atoms with E-state index >= 15 is 0 Å². The van der Waals surface area contributed by atoms with E-state index < -0.39 is 0 Å². The third-order valence-electron chi connectivity index (χ3n) is 4.99. The molecule has 158 valence electrons. The van der Waals surface area contributed by atoms with Crippen LogP contribution in [0.4, 0.5) is 0 Å². The van der Waals surface area contributed by atoms with Crippen LogP contribution in [-0.4, -0.2) is 37.8 Å². The van der Waals surface area contributed by atoms with Gasteiger partial charge in [0.1, 0.15) is 5.69 Å². The second-order valence-electron chi connectivity index (χ2n) is 7.24. The van der Waals surface area contributed by atoms with Crippen LogP contribution in [0.3, 0.4) is 0 Å². The van der Waals surface area contributed by atoms with Gasteiger partial charge in [-0.25, -0.2) is 4.68 Å². The van der Waals surface area contributed by atoms with Crippen molar-refractivity contribution >= 4 is 17.2 Å². The molecule has 0 spiro atoms. The molecule has 0 saturated heterocycles. The number of para-hydroxylation sites is 1. The van der Waals surface area contributed by atoms with Crippen LogP contribution in [0.25, 0.3) is 27.6 Å². The highest BCUT2D eigenvalue weighted by Gasteiger charge is 2.21. The highest BCUT2D eigenvalue weighted by atomic mass is 32.1. The summed E-state index contributed by atoms with van der Waals surface area (Å²) in [5.41, 5.74) is 3.79. The largest absolute Gasteiger partial charge is 0.355 e. The van der Waals surface area contributed by atoms with Crippen LogP contribution in [0, 0.1) is 0 Å². The zero-order valence-electron chi connectivity index (χ0n) is 17.3. The monoisotopic (exact) mass is 441 g/mol. The molecule has 32 heavy (non-hydrogen) atoms. The molecule has 0 aliphatic heterocycles. The Morgan fingerprint density at radius 2 is 2.00 bits per heavy atom. The quantitative estimate of drug-likeness (QED) is 0.374. The van der Waals surface area contributed by atoms with Crippen LogP contribution >= 0.6 is 11.3 Å². The molecule has 1 aromatic carbocycles. The average molecular weight is 442 g/mol. The molecule has 0 unspecified atom stereocenters. The van der Waals surface area contributed by atoms with Gasteiger partial charge >= 0.3 is 0 Å². The van der Waals surface area contributed by atoms with Crippen molar-refractivity contribution in [2.75, 3.05) is 7.05 Å². The lowest BCUT2D eigenvalue weighted by atomic mass is 10.2. The zero-order valence-corrected chi connectivity index (χ0v) is 18.1. The molecule has 0 fully saturated rings. The van der Waals surface area contributed by atoms with Crippen LogP contribution in [0.5, 0.6) is 0 Å². The first-order valence-electron chi connectivity index (χ1n) is 9.99. The summed E-state index contributed by atoms with van der Waals surface area (Å²) < 4.78 is 7.21. The Labute approximate surface area is 188 Å². The van der Waals surface area contributed by atoms with E-state index in [4.69, 9.17) is 9.62 Å². The van der Waals surface area contributed by atoms with Gasteiger partial charge in [-0.2, -0.15) is 5.10 Å². The standard InChI is InChI=1S/C24H19N5O2S/c1-28(24(30)20-13-21(31-27-20)17-7-5-11-25-14-17)15-18-16-29(19-8-3-2-4-9-19)26-23(18)22-10-6-12-32-22/h2-14,16H,15H2,1H3. The molecule has 0 aliphatic carbocycles. The van der Waals surface area contributed by atoms with E-state index in [-0.39, 0.29) is 11.6 Å². The Morgan fingerprint density at radius 1 is 1.12 bits per heavy atom. The maximum atomic E-state index is 13.0. The Kier molecular flexibility index (Phi) is 5.35. The summed E-state index contributed by atoms with van der Waals surface area (Å²) in [5, 5.41) is 10.8. The molecule has 1 amide bonds. The Hall–Kier alpha value is -4.04. The minimum absolute atomic E-state index is 0.228. The van der Waals surface area contributed by atoms with Crippen LogP contribution in [-0.2, 0) is 6.54 Å². The smallest absolute Gasteiger partial charge is 0.276 e. The fraction of sp³-hybridized carbons (Fsp3) is 0.0833. The summed E-state index contributed by atoms with van der Waals surface area (Å²) in [4.78, 5) is 19.8. The summed E-state index contributed by atoms with van der Waals surface area (Å²) in [7, 11) is 1.75. The number of rotatable bonds is 6. The van der Waals surface area contributed by atoms with Crippen molar-refractivity contribution in [3.05, 3.63) is 95.9 Å². The molecule has 0 radical (unpaired) electrons. The van der Waals surface area contributed by atoms with E-state index in [0.717, 1.165) is 27.4 Å². The van der Waals surface area contributed by atoms with Gasteiger partial charge in [-0.15, -0.1) is 11.3 Å². The van der Waals surface area contributed by atoms with Crippen LogP contribution in [0.1, 0.15) is 16.1 Å². The van der Waals surface area contributed by atoms with Crippen molar-refractivity contribution < 1.29 is 9.32 Å². The number of carbonyl (C=O) groups excluding carboxylic acids is 1. The fourth-order valence-electron chi connectivity index (χ4n) is 3.40. The molecule has 8 heteroatoms. The van der Waals surface area contributed by atoms with E-state index in [0.29, 0.717) is 12.3 Å². The van der Waals surface area contributed by atoms with Crippen molar-refractivity contribution in [3.8, 4) is 27.6 Å². The van der Waals surface area contributed by atoms with E-state index in [9.17, 15) is 4.79 Å². The molecule has 0 atom stereocenters. The lowest BCUT2D eigenvalue weighted by molar-refractivity contribution is 0.0775. The lowest BCUT2D eigenvalue weighted by Gasteiger charge is -2.15. The van der Waals surface area contributed by atoms with Crippen molar-refractivity contribution in [2.45, 2.75) is 6.54 Å². The molecule has 0 aliphatic rings. The number of benzene rings is 1. The predicted molar refractivity (Wildman–Crippen MR) is 122 cm³/mol. The normalized spacial score (nSPS) is 10.9. The summed E-state index contributed by atoms with van der Waals surface area (Å²) in [5.74, 6) is 0.277. The van der Waals surface area contributed by atoms with Gasteiger partial charge in [0.2, 0.25) is 0 Å².